The topological polar surface area (TPSA) is 103 Å². The first-order chi connectivity index (χ1) is 17.3. The molecule has 0 amide bonds. The van der Waals surface area contributed by atoms with Crippen LogP contribution in [0.5, 0.6) is 0 Å². The monoisotopic (exact) mass is 539 g/mol. The van der Waals surface area contributed by atoms with Gasteiger partial charge in [-0.1, -0.05) is 12.8 Å². The molecule has 9 heteroatoms. The van der Waals surface area contributed by atoms with Gasteiger partial charge in [0.2, 0.25) is 0 Å². The maximum atomic E-state index is 12.1. The Labute approximate surface area is 226 Å². The van der Waals surface area contributed by atoms with Crippen molar-refractivity contribution in [2.75, 3.05) is 19.1 Å². The Morgan fingerprint density at radius 3 is 1.62 bits per heavy atom. The van der Waals surface area contributed by atoms with E-state index in [0.717, 1.165) is 61.3 Å². The number of nitrogens with two attached hydrogens (primary N) is 2. The lowest BCUT2D eigenvalue weighted by atomic mass is 10.1. The molecule has 0 aliphatic heterocycles. The minimum absolute atomic E-state index is 0. The van der Waals surface area contributed by atoms with Gasteiger partial charge in [-0.2, -0.15) is 0 Å². The van der Waals surface area contributed by atoms with Crippen molar-refractivity contribution in [3.8, 4) is 5.82 Å². The summed E-state index contributed by atoms with van der Waals surface area (Å²) in [6, 6.07) is 12.4. The number of nitrogens with zero attached hydrogens (tertiary/aromatic N) is 3. The van der Waals surface area contributed by atoms with E-state index in [4.69, 9.17) is 15.9 Å². The Morgan fingerprint density at radius 1 is 0.703 bits per heavy atom. The summed E-state index contributed by atoms with van der Waals surface area (Å²) in [5, 5.41) is 6.50. The fraction of sp³-hybridized carbons (Fsp3) is 0.500. The zero-order chi connectivity index (χ0) is 26.9. The first kappa shape index (κ1) is 34.5. The molecule has 0 spiro atoms. The number of hydrogen-bond donors (Lipinski definition) is 3. The van der Waals surface area contributed by atoms with Crippen LogP contribution in [0.2, 0.25) is 0 Å². The van der Waals surface area contributed by atoms with Gasteiger partial charge in [0.1, 0.15) is 11.6 Å². The second kappa shape index (κ2) is 19.5. The van der Waals surface area contributed by atoms with Crippen molar-refractivity contribution in [1.82, 2.24) is 14.5 Å². The van der Waals surface area contributed by atoms with Crippen LogP contribution >= 0.6 is 12.4 Å². The number of nitrogen functional groups attached to an aromatic ring is 1. The van der Waals surface area contributed by atoms with E-state index in [1.807, 2.05) is 19.1 Å². The van der Waals surface area contributed by atoms with Crippen LogP contribution < -0.4 is 11.6 Å². The predicted octanol–water partition coefficient (Wildman–Crippen LogP) is 6.89. The van der Waals surface area contributed by atoms with Gasteiger partial charge in [-0.25, -0.2) is 15.9 Å². The van der Waals surface area contributed by atoms with Gasteiger partial charge in [0, 0.05) is 22.8 Å². The van der Waals surface area contributed by atoms with Gasteiger partial charge < -0.3 is 15.5 Å². The fourth-order valence-corrected chi connectivity index (χ4v) is 4.04. The van der Waals surface area contributed by atoms with Crippen molar-refractivity contribution in [2.24, 2.45) is 5.90 Å². The largest absolute Gasteiger partial charge is 0.384 e. The molecule has 0 atom stereocenters. The molecule has 3 rings (SSSR count). The van der Waals surface area contributed by atoms with Crippen molar-refractivity contribution in [2.45, 2.75) is 79.1 Å². The smallest absolute Gasteiger partial charge is 0.137 e. The Morgan fingerprint density at radius 2 is 1.16 bits per heavy atom. The van der Waals surface area contributed by atoms with Crippen molar-refractivity contribution in [1.29, 1.82) is 0 Å². The summed E-state index contributed by atoms with van der Waals surface area (Å²) in [5.74, 6) is 5.07. The summed E-state index contributed by atoms with van der Waals surface area (Å²) in [5.41, 5.74) is 12.5. The number of hydrogen-bond acceptors (Lipinski definition) is 5. The number of aryl methyl sites for hydroxylation is 6. The summed E-state index contributed by atoms with van der Waals surface area (Å²) in [7, 11) is 0. The number of halogens is 3. The fourth-order valence-electron chi connectivity index (χ4n) is 4.04. The molecule has 37 heavy (non-hydrogen) atoms. The van der Waals surface area contributed by atoms with E-state index < -0.39 is 0 Å². The third-order valence-corrected chi connectivity index (χ3v) is 5.69. The average Bonchev–Trinajstić information content (AvgIpc) is 3.18. The van der Waals surface area contributed by atoms with Gasteiger partial charge in [0.05, 0.1) is 13.3 Å². The van der Waals surface area contributed by atoms with Crippen LogP contribution in [-0.4, -0.2) is 33.1 Å². The first-order valence-corrected chi connectivity index (χ1v) is 12.6. The van der Waals surface area contributed by atoms with Crippen molar-refractivity contribution in [3.63, 3.8) is 0 Å². The first-order valence-electron chi connectivity index (χ1n) is 12.6. The van der Waals surface area contributed by atoms with E-state index >= 15 is 0 Å². The number of aromatic nitrogens is 3. The summed E-state index contributed by atoms with van der Waals surface area (Å²) >= 11 is 0. The van der Waals surface area contributed by atoms with E-state index in [0.29, 0.717) is 18.7 Å². The van der Waals surface area contributed by atoms with Crippen molar-refractivity contribution >= 4 is 18.2 Å². The minimum Gasteiger partial charge on any atom is -0.384 e. The van der Waals surface area contributed by atoms with Crippen LogP contribution in [0, 0.1) is 27.7 Å². The highest BCUT2D eigenvalue weighted by Gasteiger charge is 2.07. The summed E-state index contributed by atoms with van der Waals surface area (Å²) in [6.45, 7) is 7.86. The molecule has 208 valence electrons. The molecular weight excluding hydrogens is 496 g/mol. The van der Waals surface area contributed by atoms with Crippen LogP contribution in [-0.2, 0) is 12.8 Å². The predicted molar refractivity (Wildman–Crippen MR) is 151 cm³/mol. The molecule has 3 aromatic heterocycles. The highest BCUT2D eigenvalue weighted by Crippen LogP contribution is 2.17. The zero-order valence-corrected chi connectivity index (χ0v) is 23.5. The molecule has 0 aliphatic carbocycles. The number of unbranched alkanes of at least 4 members (excludes halogenated alkanes) is 4. The molecule has 0 radical (unpaired) electrons. The van der Waals surface area contributed by atoms with Crippen molar-refractivity contribution in [3.05, 3.63) is 70.3 Å². The SMILES string of the molecule is Cc1cc(CCCCCF)nc(-n2c(C)ccc2C)c1.Cc1cc(N)nc(CCCCCF)c1.Cl.NO. The third kappa shape index (κ3) is 13.0. The summed E-state index contributed by atoms with van der Waals surface area (Å²) < 4.78 is 26.1. The van der Waals surface area contributed by atoms with Gasteiger partial charge >= 0.3 is 0 Å². The summed E-state index contributed by atoms with van der Waals surface area (Å²) in [4.78, 5) is 8.98. The molecule has 3 heterocycles. The number of pyridine rings is 2. The molecule has 0 saturated heterocycles. The molecule has 0 saturated carbocycles. The third-order valence-electron chi connectivity index (χ3n) is 5.69. The normalized spacial score (nSPS) is 10.1. The van der Waals surface area contributed by atoms with Crippen LogP contribution in [0.1, 0.15) is 72.4 Å². The molecule has 0 bridgehead atoms. The number of rotatable bonds is 11. The van der Waals surface area contributed by atoms with Crippen LogP contribution in [0.15, 0.2) is 36.4 Å². The highest BCUT2D eigenvalue weighted by molar-refractivity contribution is 5.85. The zero-order valence-electron chi connectivity index (χ0n) is 22.6. The molecule has 6 nitrogen and oxygen atoms in total. The standard InChI is InChI=1S/C17H23FN2.C11H17FN2.ClH.H3NO/c1-13-11-16(7-5-4-6-10-18)19-17(12-13)20-14(2)8-9-15(20)3;1-9-7-10(14-11(13)8-9)5-3-2-4-6-12;;1-2/h8-9,11-12H,4-7,10H2,1-3H3;7-8H,2-6H2,1H3,(H2,13,14);1H;2H,1H2. The maximum Gasteiger partial charge on any atom is 0.137 e. The lowest BCUT2D eigenvalue weighted by Crippen LogP contribution is -2.04. The molecule has 0 aromatic carbocycles. The van der Waals surface area contributed by atoms with Gasteiger partial charge in [-0.3, -0.25) is 8.78 Å². The minimum atomic E-state index is -0.219. The molecule has 0 aliphatic rings. The van der Waals surface area contributed by atoms with Gasteiger partial charge in [-0.05, 0) is 114 Å². The van der Waals surface area contributed by atoms with E-state index in [-0.39, 0.29) is 25.8 Å². The van der Waals surface area contributed by atoms with Gasteiger partial charge in [0.15, 0.2) is 0 Å². The van der Waals surface area contributed by atoms with E-state index in [2.05, 4.69) is 60.5 Å². The number of anilines is 1. The number of alkyl halides is 2. The Kier molecular flexibility index (Phi) is 18.2. The van der Waals surface area contributed by atoms with Crippen LogP contribution in [0.25, 0.3) is 5.82 Å². The van der Waals surface area contributed by atoms with E-state index in [9.17, 15) is 8.78 Å². The van der Waals surface area contributed by atoms with Crippen LogP contribution in [0.3, 0.4) is 0 Å². The van der Waals surface area contributed by atoms with Gasteiger partial charge in [0.25, 0.3) is 0 Å². The van der Waals surface area contributed by atoms with Crippen molar-refractivity contribution < 1.29 is 14.0 Å². The Hall–Kier alpha value is -2.55. The lowest BCUT2D eigenvalue weighted by molar-refractivity contribution is 0.311. The second-order valence-electron chi connectivity index (χ2n) is 9.01. The molecular formula is C28H44ClF2N5O. The Balaban J connectivity index is 0.000000674. The highest BCUT2D eigenvalue weighted by atomic mass is 35.5. The molecule has 5 N–H and O–H groups in total. The Bertz CT molecular complexity index is 990. The van der Waals surface area contributed by atoms with Gasteiger partial charge in [-0.15, -0.1) is 12.4 Å². The molecule has 0 unspecified atom stereocenters. The maximum absolute atomic E-state index is 12.1. The average molecular weight is 540 g/mol. The van der Waals surface area contributed by atoms with E-state index in [1.54, 1.807) is 0 Å². The van der Waals surface area contributed by atoms with E-state index in [1.165, 1.54) is 17.0 Å². The lowest BCUT2D eigenvalue weighted by Gasteiger charge is -2.11. The van der Waals surface area contributed by atoms with Crippen LogP contribution in [0.4, 0.5) is 14.6 Å². The molecule has 0 fully saturated rings. The quantitative estimate of drug-likeness (QED) is 0.182. The summed E-state index contributed by atoms with van der Waals surface area (Å²) in [6.07, 6.45) is 6.98. The second-order valence-corrected chi connectivity index (χ2v) is 9.01. The molecule has 3 aromatic rings.